The topological polar surface area (TPSA) is 17.1 Å². The molecule has 76 valence electrons. The van der Waals surface area contributed by atoms with E-state index in [4.69, 9.17) is 11.6 Å². The lowest BCUT2D eigenvalue weighted by atomic mass is 10.2. The van der Waals surface area contributed by atoms with Crippen molar-refractivity contribution in [2.45, 2.75) is 30.4 Å². The number of halogens is 1. The second kappa shape index (κ2) is 4.37. The van der Waals surface area contributed by atoms with E-state index in [9.17, 15) is 4.79 Å². The van der Waals surface area contributed by atoms with Crippen molar-refractivity contribution in [1.82, 2.24) is 0 Å². The van der Waals surface area contributed by atoms with Crippen molar-refractivity contribution in [3.8, 4) is 0 Å². The zero-order chi connectivity index (χ0) is 10.8. The Bertz CT molecular complexity index is 347. The normalized spacial score (nSPS) is 11.4. The first-order valence-corrected chi connectivity index (χ1v) is 5.57. The minimum Gasteiger partial charge on any atom is -0.280 e. The molecule has 1 rings (SSSR count). The van der Waals surface area contributed by atoms with Crippen molar-refractivity contribution < 1.29 is 4.79 Å². The van der Waals surface area contributed by atoms with Gasteiger partial charge < -0.3 is 0 Å². The number of hydrogen-bond donors (Lipinski definition) is 0. The largest absolute Gasteiger partial charge is 0.280 e. The minimum absolute atomic E-state index is 0.316. The highest BCUT2D eigenvalue weighted by Crippen LogP contribution is 2.34. The van der Waals surface area contributed by atoms with Gasteiger partial charge in [-0.05, 0) is 44.5 Å². The molecule has 1 aromatic carbocycles. The molecule has 0 aliphatic carbocycles. The fourth-order valence-electron chi connectivity index (χ4n) is 1.01. The molecule has 0 spiro atoms. The average Bonchev–Trinajstić information content (AvgIpc) is 2.02. The van der Waals surface area contributed by atoms with Crippen LogP contribution in [0.2, 0.25) is 0 Å². The Morgan fingerprint density at radius 2 is 2.07 bits per heavy atom. The van der Waals surface area contributed by atoms with Gasteiger partial charge in [0.15, 0.2) is 0 Å². The maximum atomic E-state index is 11.1. The summed E-state index contributed by atoms with van der Waals surface area (Å²) >= 11 is 6.99. The van der Waals surface area contributed by atoms with Gasteiger partial charge >= 0.3 is 0 Å². The molecule has 0 aromatic heterocycles. The smallest absolute Gasteiger partial charge is 0.237 e. The van der Waals surface area contributed by atoms with Crippen LogP contribution in [-0.2, 0) is 4.79 Å². The lowest BCUT2D eigenvalue weighted by Gasteiger charge is -2.18. The van der Waals surface area contributed by atoms with Gasteiger partial charge in [0.1, 0.15) is 0 Å². The number of carbonyl (C=O) groups is 1. The first-order chi connectivity index (χ1) is 6.42. The maximum Gasteiger partial charge on any atom is 0.237 e. The van der Waals surface area contributed by atoms with Gasteiger partial charge in [0.2, 0.25) is 5.24 Å². The fraction of sp³-hybridized carbons (Fsp3) is 0.364. The van der Waals surface area contributed by atoms with E-state index in [1.807, 2.05) is 45.0 Å². The van der Waals surface area contributed by atoms with Gasteiger partial charge in [-0.25, -0.2) is 0 Å². The van der Waals surface area contributed by atoms with E-state index < -0.39 is 4.75 Å². The molecule has 0 aliphatic heterocycles. The molecule has 0 atom stereocenters. The summed E-state index contributed by atoms with van der Waals surface area (Å²) in [5.74, 6) is 0. The Hall–Kier alpha value is -0.470. The summed E-state index contributed by atoms with van der Waals surface area (Å²) in [5, 5.41) is -0.316. The SMILES string of the molecule is Cc1cccc(SC(C)(C)C(=O)Cl)c1. The number of rotatable bonds is 3. The van der Waals surface area contributed by atoms with E-state index >= 15 is 0 Å². The Labute approximate surface area is 93.8 Å². The van der Waals surface area contributed by atoms with Crippen LogP contribution in [0.15, 0.2) is 29.2 Å². The van der Waals surface area contributed by atoms with Crippen LogP contribution in [0.3, 0.4) is 0 Å². The predicted molar refractivity (Wildman–Crippen MR) is 62.0 cm³/mol. The van der Waals surface area contributed by atoms with Gasteiger partial charge in [-0.1, -0.05) is 17.7 Å². The highest BCUT2D eigenvalue weighted by molar-refractivity contribution is 8.01. The molecule has 0 radical (unpaired) electrons. The summed E-state index contributed by atoms with van der Waals surface area (Å²) in [5.41, 5.74) is 1.19. The van der Waals surface area contributed by atoms with Crippen LogP contribution in [0.5, 0.6) is 0 Å². The second-order valence-electron chi connectivity index (χ2n) is 3.70. The highest BCUT2D eigenvalue weighted by Gasteiger charge is 2.26. The van der Waals surface area contributed by atoms with Gasteiger partial charge in [0.05, 0.1) is 4.75 Å². The van der Waals surface area contributed by atoms with Crippen LogP contribution < -0.4 is 0 Å². The van der Waals surface area contributed by atoms with Gasteiger partial charge in [-0.2, -0.15) is 0 Å². The van der Waals surface area contributed by atoms with Crippen molar-refractivity contribution in [2.24, 2.45) is 0 Å². The van der Waals surface area contributed by atoms with Crippen molar-refractivity contribution in [1.29, 1.82) is 0 Å². The molecule has 1 aromatic rings. The van der Waals surface area contributed by atoms with Crippen LogP contribution in [0.1, 0.15) is 19.4 Å². The van der Waals surface area contributed by atoms with Gasteiger partial charge in [-0.15, -0.1) is 11.8 Å². The molecule has 0 amide bonds. The Morgan fingerprint density at radius 3 is 2.57 bits per heavy atom. The third-order valence-corrected chi connectivity index (χ3v) is 3.61. The summed E-state index contributed by atoms with van der Waals surface area (Å²) in [6.07, 6.45) is 0. The fourth-order valence-corrected chi connectivity index (χ4v) is 2.19. The van der Waals surface area contributed by atoms with E-state index in [0.717, 1.165) is 4.90 Å². The zero-order valence-electron chi connectivity index (χ0n) is 8.50. The van der Waals surface area contributed by atoms with Crippen molar-refractivity contribution >= 4 is 28.6 Å². The van der Waals surface area contributed by atoms with Crippen molar-refractivity contribution in [2.75, 3.05) is 0 Å². The first-order valence-electron chi connectivity index (χ1n) is 4.37. The molecular weight excluding hydrogens is 216 g/mol. The molecule has 14 heavy (non-hydrogen) atoms. The number of thioether (sulfide) groups is 1. The van der Waals surface area contributed by atoms with Crippen molar-refractivity contribution in [3.63, 3.8) is 0 Å². The quantitative estimate of drug-likeness (QED) is 0.581. The average molecular weight is 229 g/mol. The number of hydrogen-bond acceptors (Lipinski definition) is 2. The van der Waals surface area contributed by atoms with Gasteiger partial charge in [-0.3, -0.25) is 4.79 Å². The molecule has 0 fully saturated rings. The van der Waals surface area contributed by atoms with Gasteiger partial charge in [0, 0.05) is 4.90 Å². The van der Waals surface area contributed by atoms with Crippen LogP contribution >= 0.6 is 23.4 Å². The minimum atomic E-state index is -0.560. The van der Waals surface area contributed by atoms with Crippen LogP contribution in [0, 0.1) is 6.92 Å². The maximum absolute atomic E-state index is 11.1. The summed E-state index contributed by atoms with van der Waals surface area (Å²) in [7, 11) is 0. The molecular formula is C11H13ClOS. The molecule has 0 aliphatic rings. The standard InChI is InChI=1S/C11H13ClOS/c1-8-5-4-6-9(7-8)14-11(2,3)10(12)13/h4-7H,1-3H3. The monoisotopic (exact) mass is 228 g/mol. The Balaban J connectivity index is 2.83. The lowest BCUT2D eigenvalue weighted by molar-refractivity contribution is -0.113. The number of benzene rings is 1. The Kier molecular flexibility index (Phi) is 3.62. The summed E-state index contributed by atoms with van der Waals surface area (Å²) in [6.45, 7) is 5.68. The molecule has 0 saturated heterocycles. The highest BCUT2D eigenvalue weighted by atomic mass is 35.5. The number of aryl methyl sites for hydroxylation is 1. The van der Waals surface area contributed by atoms with E-state index in [-0.39, 0.29) is 5.24 Å². The molecule has 3 heteroatoms. The van der Waals surface area contributed by atoms with Crippen molar-refractivity contribution in [3.05, 3.63) is 29.8 Å². The molecule has 0 heterocycles. The van der Waals surface area contributed by atoms with Crippen LogP contribution in [-0.4, -0.2) is 9.99 Å². The first kappa shape index (κ1) is 11.6. The third kappa shape index (κ3) is 3.03. The van der Waals surface area contributed by atoms with E-state index in [1.165, 1.54) is 17.3 Å². The number of carbonyl (C=O) groups excluding carboxylic acids is 1. The zero-order valence-corrected chi connectivity index (χ0v) is 10.1. The molecule has 1 nitrogen and oxygen atoms in total. The summed E-state index contributed by atoms with van der Waals surface area (Å²) in [6, 6.07) is 8.04. The molecule has 0 bridgehead atoms. The molecule has 0 N–H and O–H groups in total. The third-order valence-electron chi connectivity index (χ3n) is 1.84. The summed E-state index contributed by atoms with van der Waals surface area (Å²) in [4.78, 5) is 12.2. The van der Waals surface area contributed by atoms with E-state index in [0.29, 0.717) is 0 Å². The van der Waals surface area contributed by atoms with E-state index in [2.05, 4.69) is 0 Å². The molecule has 0 saturated carbocycles. The van der Waals surface area contributed by atoms with E-state index in [1.54, 1.807) is 0 Å². The molecule has 0 unspecified atom stereocenters. The van der Waals surface area contributed by atoms with Crippen LogP contribution in [0.4, 0.5) is 0 Å². The summed E-state index contributed by atoms with van der Waals surface area (Å²) < 4.78 is -0.560. The van der Waals surface area contributed by atoms with Crippen LogP contribution in [0.25, 0.3) is 0 Å². The van der Waals surface area contributed by atoms with Gasteiger partial charge in [0.25, 0.3) is 0 Å². The second-order valence-corrected chi connectivity index (χ2v) is 5.74. The lowest BCUT2D eigenvalue weighted by Crippen LogP contribution is -2.22. The predicted octanol–water partition coefficient (Wildman–Crippen LogP) is 3.63. The Morgan fingerprint density at radius 1 is 1.43 bits per heavy atom.